The molecule has 1 amide bonds. The molecule has 0 bridgehead atoms. The first-order valence-electron chi connectivity index (χ1n) is 6.99. The summed E-state index contributed by atoms with van der Waals surface area (Å²) in [4.78, 5) is 13.8. The molecule has 2 N–H and O–H groups in total. The third kappa shape index (κ3) is 12.1. The number of halogens is 2. The molecule has 0 aliphatic carbocycles. The van der Waals surface area contributed by atoms with Gasteiger partial charge in [-0.15, -0.1) is 24.8 Å². The zero-order valence-corrected chi connectivity index (χ0v) is 15.5. The predicted molar refractivity (Wildman–Crippen MR) is 98.4 cm³/mol. The lowest BCUT2D eigenvalue weighted by Crippen LogP contribution is -2.30. The number of hydrogen-bond acceptors (Lipinski definition) is 5. The number of carbonyl (C=O) groups is 1. The highest BCUT2D eigenvalue weighted by Crippen LogP contribution is 2.17. The second-order valence-electron chi connectivity index (χ2n) is 4.90. The van der Waals surface area contributed by atoms with Crippen LogP contribution in [0.3, 0.4) is 0 Å². The Labute approximate surface area is 150 Å². The highest BCUT2D eigenvalue weighted by atomic mass is 35.5. The Morgan fingerprint density at radius 3 is 2.61 bits per heavy atom. The number of amides is 1. The van der Waals surface area contributed by atoms with Gasteiger partial charge in [0.15, 0.2) is 0 Å². The predicted octanol–water partition coefficient (Wildman–Crippen LogP) is 1.65. The Kier molecular flexibility index (Phi) is 15.3. The van der Waals surface area contributed by atoms with Gasteiger partial charge in [-0.05, 0) is 26.2 Å². The van der Waals surface area contributed by atoms with Gasteiger partial charge in [-0.1, -0.05) is 6.07 Å². The van der Waals surface area contributed by atoms with Crippen molar-refractivity contribution in [3.8, 4) is 5.75 Å². The van der Waals surface area contributed by atoms with Crippen LogP contribution in [0, 0.1) is 0 Å². The van der Waals surface area contributed by atoms with Crippen molar-refractivity contribution in [2.24, 2.45) is 0 Å². The molecule has 23 heavy (non-hydrogen) atoms. The molecule has 134 valence electrons. The molecule has 8 heteroatoms. The summed E-state index contributed by atoms with van der Waals surface area (Å²) < 4.78 is 10.5. The van der Waals surface area contributed by atoms with Crippen molar-refractivity contribution in [2.75, 3.05) is 59.4 Å². The Morgan fingerprint density at radius 2 is 1.96 bits per heavy atom. The molecule has 0 saturated carbocycles. The fourth-order valence-electron chi connectivity index (χ4n) is 1.59. The first kappa shape index (κ1) is 24.2. The van der Waals surface area contributed by atoms with E-state index >= 15 is 0 Å². The van der Waals surface area contributed by atoms with E-state index in [9.17, 15) is 4.79 Å². The molecule has 0 aliphatic rings. The second-order valence-corrected chi connectivity index (χ2v) is 4.90. The van der Waals surface area contributed by atoms with Crippen LogP contribution in [-0.2, 0) is 9.53 Å². The maximum atomic E-state index is 11.7. The molecular formula is C15H27Cl2N3O3. The minimum atomic E-state index is -0.0865. The van der Waals surface area contributed by atoms with Gasteiger partial charge in [0.1, 0.15) is 12.4 Å². The van der Waals surface area contributed by atoms with Crippen molar-refractivity contribution >= 4 is 36.4 Å². The van der Waals surface area contributed by atoms with E-state index < -0.39 is 0 Å². The maximum absolute atomic E-state index is 11.7. The van der Waals surface area contributed by atoms with Crippen LogP contribution in [0.2, 0.25) is 0 Å². The quantitative estimate of drug-likeness (QED) is 0.615. The van der Waals surface area contributed by atoms with Crippen molar-refractivity contribution in [3.05, 3.63) is 24.3 Å². The molecule has 0 radical (unpaired) electrons. The van der Waals surface area contributed by atoms with E-state index in [-0.39, 0.29) is 37.3 Å². The van der Waals surface area contributed by atoms with Crippen LogP contribution >= 0.6 is 24.8 Å². The van der Waals surface area contributed by atoms with Crippen LogP contribution in [0.25, 0.3) is 0 Å². The summed E-state index contributed by atoms with van der Waals surface area (Å²) >= 11 is 0. The molecular weight excluding hydrogens is 341 g/mol. The van der Waals surface area contributed by atoms with Gasteiger partial charge < -0.3 is 25.0 Å². The van der Waals surface area contributed by atoms with Gasteiger partial charge in [-0.3, -0.25) is 4.79 Å². The Morgan fingerprint density at radius 1 is 1.22 bits per heavy atom. The lowest BCUT2D eigenvalue weighted by atomic mass is 10.3. The van der Waals surface area contributed by atoms with Crippen LogP contribution in [0.5, 0.6) is 5.75 Å². The largest absolute Gasteiger partial charge is 0.492 e. The van der Waals surface area contributed by atoms with Crippen molar-refractivity contribution in [3.63, 3.8) is 0 Å². The summed E-state index contributed by atoms with van der Waals surface area (Å²) in [6.07, 6.45) is 0. The van der Waals surface area contributed by atoms with E-state index in [1.54, 1.807) is 7.11 Å². The van der Waals surface area contributed by atoms with E-state index in [1.807, 2.05) is 38.4 Å². The van der Waals surface area contributed by atoms with Gasteiger partial charge in [-0.2, -0.15) is 0 Å². The number of hydrogen-bond donors (Lipinski definition) is 2. The minimum Gasteiger partial charge on any atom is -0.492 e. The molecule has 0 heterocycles. The van der Waals surface area contributed by atoms with Gasteiger partial charge in [-0.25, -0.2) is 0 Å². The monoisotopic (exact) mass is 367 g/mol. The summed E-state index contributed by atoms with van der Waals surface area (Å²) in [7, 11) is 5.62. The molecule has 6 nitrogen and oxygen atoms in total. The molecule has 1 rings (SSSR count). The van der Waals surface area contributed by atoms with E-state index in [0.717, 1.165) is 18.0 Å². The normalized spacial score (nSPS) is 9.74. The molecule has 0 aromatic heterocycles. The van der Waals surface area contributed by atoms with Gasteiger partial charge in [0.2, 0.25) is 5.91 Å². The zero-order chi connectivity index (χ0) is 15.5. The Hall–Kier alpha value is -1.05. The SMILES string of the molecule is COCCNCC(=O)Nc1cccc(OCCN(C)C)c1.Cl.Cl. The smallest absolute Gasteiger partial charge is 0.238 e. The van der Waals surface area contributed by atoms with Crippen LogP contribution in [0.4, 0.5) is 5.69 Å². The Balaban J connectivity index is 0. The molecule has 0 atom stereocenters. The van der Waals surface area contributed by atoms with Crippen LogP contribution in [-0.4, -0.2) is 64.9 Å². The number of nitrogens with one attached hydrogen (secondary N) is 2. The van der Waals surface area contributed by atoms with Gasteiger partial charge >= 0.3 is 0 Å². The van der Waals surface area contributed by atoms with Crippen molar-refractivity contribution in [2.45, 2.75) is 0 Å². The number of benzene rings is 1. The summed E-state index contributed by atoms with van der Waals surface area (Å²) in [6, 6.07) is 7.40. The third-order valence-electron chi connectivity index (χ3n) is 2.69. The first-order chi connectivity index (χ1) is 10.1. The molecule has 1 aromatic rings. The van der Waals surface area contributed by atoms with Crippen molar-refractivity contribution in [1.29, 1.82) is 0 Å². The summed E-state index contributed by atoms with van der Waals surface area (Å²) in [5.74, 6) is 0.665. The fraction of sp³-hybridized carbons (Fsp3) is 0.533. The number of carbonyl (C=O) groups excluding carboxylic acids is 1. The second kappa shape index (κ2) is 14.5. The standard InChI is InChI=1S/C15H25N3O3.2ClH/c1-18(2)8-10-21-14-6-4-5-13(11-14)17-15(19)12-16-7-9-20-3;;/h4-6,11,16H,7-10,12H2,1-3H3,(H,17,19);2*1H. The molecule has 0 spiro atoms. The first-order valence-corrected chi connectivity index (χ1v) is 6.99. The van der Waals surface area contributed by atoms with Crippen molar-refractivity contribution < 1.29 is 14.3 Å². The van der Waals surface area contributed by atoms with E-state index in [0.29, 0.717) is 19.8 Å². The highest BCUT2D eigenvalue weighted by Gasteiger charge is 2.03. The lowest BCUT2D eigenvalue weighted by molar-refractivity contribution is -0.115. The van der Waals surface area contributed by atoms with Crippen molar-refractivity contribution in [1.82, 2.24) is 10.2 Å². The van der Waals surface area contributed by atoms with Gasteiger partial charge in [0.25, 0.3) is 0 Å². The lowest BCUT2D eigenvalue weighted by Gasteiger charge is -2.12. The third-order valence-corrected chi connectivity index (χ3v) is 2.69. The molecule has 0 unspecified atom stereocenters. The van der Waals surface area contributed by atoms with Gasteiger partial charge in [0, 0.05) is 32.0 Å². The number of anilines is 1. The minimum absolute atomic E-state index is 0. The Bertz CT molecular complexity index is 434. The van der Waals surface area contributed by atoms with E-state index in [2.05, 4.69) is 15.5 Å². The number of rotatable bonds is 10. The number of methoxy groups -OCH3 is 1. The molecule has 0 saturated heterocycles. The number of likely N-dealkylation sites (N-methyl/N-ethyl adjacent to an activating group) is 1. The summed E-state index contributed by atoms with van der Waals surface area (Å²) in [5, 5.41) is 5.82. The fourth-order valence-corrected chi connectivity index (χ4v) is 1.59. The van der Waals surface area contributed by atoms with Crippen LogP contribution in [0.1, 0.15) is 0 Å². The number of ether oxygens (including phenoxy) is 2. The number of nitrogens with zero attached hydrogens (tertiary/aromatic N) is 1. The average Bonchev–Trinajstić information content (AvgIpc) is 2.44. The van der Waals surface area contributed by atoms with Crippen LogP contribution < -0.4 is 15.4 Å². The average molecular weight is 368 g/mol. The summed E-state index contributed by atoms with van der Waals surface area (Å²) in [5.41, 5.74) is 0.732. The highest BCUT2D eigenvalue weighted by molar-refractivity contribution is 5.92. The van der Waals surface area contributed by atoms with Gasteiger partial charge in [0.05, 0.1) is 13.2 Å². The topological polar surface area (TPSA) is 62.8 Å². The summed E-state index contributed by atoms with van der Waals surface area (Å²) in [6.45, 7) is 2.96. The van der Waals surface area contributed by atoms with E-state index in [1.165, 1.54) is 0 Å². The molecule has 0 aliphatic heterocycles. The van der Waals surface area contributed by atoms with E-state index in [4.69, 9.17) is 9.47 Å². The van der Waals surface area contributed by atoms with Crippen LogP contribution in [0.15, 0.2) is 24.3 Å². The maximum Gasteiger partial charge on any atom is 0.238 e. The molecule has 0 fully saturated rings. The zero-order valence-electron chi connectivity index (χ0n) is 13.8. The molecule has 1 aromatic carbocycles.